The van der Waals surface area contributed by atoms with Gasteiger partial charge in [-0.15, -0.1) is 0 Å². The second-order valence-electron chi connectivity index (χ2n) is 3.56. The third kappa shape index (κ3) is 1.99. The van der Waals surface area contributed by atoms with Crippen LogP contribution in [0.15, 0.2) is 54.3 Å². The van der Waals surface area contributed by atoms with Crippen LogP contribution < -0.4 is 0 Å². The number of Topliss-reactive ketones (excluding diaryl/α,β-unsaturated/α-hetero) is 1. The highest BCUT2D eigenvalue weighted by Gasteiger charge is 2.15. The van der Waals surface area contributed by atoms with E-state index in [1.807, 2.05) is 60.5 Å². The third-order valence-electron chi connectivity index (χ3n) is 2.45. The zero-order valence-corrected chi connectivity index (χ0v) is 8.68. The lowest BCUT2D eigenvalue weighted by Crippen LogP contribution is -2.25. The molecule has 0 atom stereocenters. The molecule has 0 N–H and O–H groups in total. The number of carbonyl (C=O) groups is 1. The second kappa shape index (κ2) is 4.13. The average molecular weight is 199 g/mol. The lowest BCUT2D eigenvalue weighted by Gasteiger charge is -2.22. The van der Waals surface area contributed by atoms with E-state index < -0.39 is 0 Å². The first kappa shape index (κ1) is 9.71. The Bertz CT molecular complexity index is 417. The minimum Gasteiger partial charge on any atom is -0.368 e. The van der Waals surface area contributed by atoms with E-state index in [9.17, 15) is 4.79 Å². The van der Waals surface area contributed by atoms with Crippen molar-refractivity contribution in [1.82, 2.24) is 4.90 Å². The van der Waals surface area contributed by atoms with Crippen LogP contribution in [-0.4, -0.2) is 24.3 Å². The van der Waals surface area contributed by atoms with Crippen LogP contribution in [0, 0.1) is 0 Å². The van der Waals surface area contributed by atoms with Gasteiger partial charge in [-0.1, -0.05) is 42.5 Å². The summed E-state index contributed by atoms with van der Waals surface area (Å²) in [6, 6.07) is 9.36. The third-order valence-corrected chi connectivity index (χ3v) is 2.45. The van der Waals surface area contributed by atoms with E-state index in [4.69, 9.17) is 0 Å². The lowest BCUT2D eigenvalue weighted by molar-refractivity contribution is 0.100. The number of nitrogens with zero attached hydrogens (tertiary/aromatic N) is 1. The molecule has 1 aliphatic rings. The van der Waals surface area contributed by atoms with Crippen LogP contribution in [0.3, 0.4) is 0 Å². The minimum atomic E-state index is 0.0856. The Kier molecular flexibility index (Phi) is 2.68. The van der Waals surface area contributed by atoms with Crippen LogP contribution in [0.5, 0.6) is 0 Å². The van der Waals surface area contributed by atoms with Crippen molar-refractivity contribution in [3.8, 4) is 0 Å². The molecule has 1 aromatic rings. The van der Waals surface area contributed by atoms with E-state index in [2.05, 4.69) is 0 Å². The summed E-state index contributed by atoms with van der Waals surface area (Å²) >= 11 is 0. The summed E-state index contributed by atoms with van der Waals surface area (Å²) in [6.07, 6.45) is 5.82. The van der Waals surface area contributed by atoms with Crippen LogP contribution in [-0.2, 0) is 0 Å². The Morgan fingerprint density at radius 2 is 2.00 bits per heavy atom. The molecule has 0 aromatic heterocycles. The van der Waals surface area contributed by atoms with Gasteiger partial charge >= 0.3 is 0 Å². The van der Waals surface area contributed by atoms with Gasteiger partial charge in [0.05, 0.1) is 5.70 Å². The molecule has 0 spiro atoms. The number of likely N-dealkylation sites (N-methyl/N-ethyl adjacent to an activating group) is 1. The van der Waals surface area contributed by atoms with Crippen molar-refractivity contribution in [2.45, 2.75) is 0 Å². The highest BCUT2D eigenvalue weighted by Crippen LogP contribution is 2.14. The quantitative estimate of drug-likeness (QED) is 0.681. The van der Waals surface area contributed by atoms with Crippen LogP contribution in [0.1, 0.15) is 10.4 Å². The van der Waals surface area contributed by atoms with Crippen molar-refractivity contribution in [2.24, 2.45) is 0 Å². The molecule has 0 radical (unpaired) electrons. The summed E-state index contributed by atoms with van der Waals surface area (Å²) in [4.78, 5) is 14.0. The first-order chi connectivity index (χ1) is 7.29. The van der Waals surface area contributed by atoms with Gasteiger partial charge in [0.1, 0.15) is 0 Å². The Morgan fingerprint density at radius 3 is 2.67 bits per heavy atom. The minimum absolute atomic E-state index is 0.0856. The summed E-state index contributed by atoms with van der Waals surface area (Å²) in [6.45, 7) is 0.796. The molecule has 0 unspecified atom stereocenters. The van der Waals surface area contributed by atoms with Crippen molar-refractivity contribution in [1.29, 1.82) is 0 Å². The van der Waals surface area contributed by atoms with Gasteiger partial charge in [0.2, 0.25) is 5.78 Å². The van der Waals surface area contributed by atoms with E-state index >= 15 is 0 Å². The molecule has 2 heteroatoms. The number of benzene rings is 1. The van der Waals surface area contributed by atoms with Crippen molar-refractivity contribution in [3.05, 3.63) is 59.8 Å². The number of ketones is 1. The fourth-order valence-electron chi connectivity index (χ4n) is 1.59. The molecule has 0 amide bonds. The van der Waals surface area contributed by atoms with E-state index in [1.54, 1.807) is 0 Å². The molecule has 0 fully saturated rings. The zero-order chi connectivity index (χ0) is 10.7. The molecule has 0 aliphatic carbocycles. The second-order valence-corrected chi connectivity index (χ2v) is 3.56. The van der Waals surface area contributed by atoms with Crippen LogP contribution in [0.2, 0.25) is 0 Å². The maximum Gasteiger partial charge on any atom is 0.209 e. The van der Waals surface area contributed by atoms with Crippen molar-refractivity contribution in [3.63, 3.8) is 0 Å². The predicted molar refractivity (Wildman–Crippen MR) is 60.6 cm³/mol. The molecule has 1 aliphatic heterocycles. The first-order valence-electron chi connectivity index (χ1n) is 4.97. The molecule has 0 saturated carbocycles. The largest absolute Gasteiger partial charge is 0.368 e. The molecular weight excluding hydrogens is 186 g/mol. The molecule has 76 valence electrons. The van der Waals surface area contributed by atoms with Crippen molar-refractivity contribution >= 4 is 5.78 Å². The van der Waals surface area contributed by atoms with Crippen LogP contribution in [0.25, 0.3) is 0 Å². The van der Waals surface area contributed by atoms with Crippen molar-refractivity contribution < 1.29 is 4.79 Å². The predicted octanol–water partition coefficient (Wildman–Crippen LogP) is 2.25. The Hall–Kier alpha value is -1.83. The smallest absolute Gasteiger partial charge is 0.209 e. The Balaban J connectivity index is 2.29. The number of rotatable bonds is 2. The lowest BCUT2D eigenvalue weighted by atomic mass is 10.1. The molecule has 1 aromatic carbocycles. The number of hydrogen-bond donors (Lipinski definition) is 0. The average Bonchev–Trinajstić information content (AvgIpc) is 2.30. The monoisotopic (exact) mass is 199 g/mol. The van der Waals surface area contributed by atoms with E-state index in [0.717, 1.165) is 17.8 Å². The molecular formula is C13H13NO. The van der Waals surface area contributed by atoms with E-state index in [-0.39, 0.29) is 5.78 Å². The summed E-state index contributed by atoms with van der Waals surface area (Å²) in [5.74, 6) is 0.0856. The normalized spacial score (nSPS) is 15.0. The summed E-state index contributed by atoms with van der Waals surface area (Å²) < 4.78 is 0. The fraction of sp³-hybridized carbons (Fsp3) is 0.154. The van der Waals surface area contributed by atoms with E-state index in [1.165, 1.54) is 0 Å². The van der Waals surface area contributed by atoms with Gasteiger partial charge in [-0.25, -0.2) is 0 Å². The molecule has 2 nitrogen and oxygen atoms in total. The summed E-state index contributed by atoms with van der Waals surface area (Å²) in [5, 5.41) is 0. The Labute approximate surface area is 89.5 Å². The topological polar surface area (TPSA) is 20.3 Å². The number of allylic oxidation sites excluding steroid dienone is 3. The van der Waals surface area contributed by atoms with Gasteiger partial charge in [-0.05, 0) is 6.08 Å². The summed E-state index contributed by atoms with van der Waals surface area (Å²) in [5.41, 5.74) is 1.50. The van der Waals surface area contributed by atoms with Gasteiger partial charge in [-0.2, -0.15) is 0 Å². The highest BCUT2D eigenvalue weighted by atomic mass is 16.1. The Morgan fingerprint density at radius 1 is 1.27 bits per heavy atom. The molecule has 2 rings (SSSR count). The van der Waals surface area contributed by atoms with E-state index in [0.29, 0.717) is 0 Å². The van der Waals surface area contributed by atoms with Gasteiger partial charge < -0.3 is 4.90 Å². The SMILES string of the molecule is CN1CC=CC=C1C(=O)c1ccccc1. The number of hydrogen-bond acceptors (Lipinski definition) is 2. The maximum absolute atomic E-state index is 12.1. The molecule has 1 heterocycles. The van der Waals surface area contributed by atoms with Crippen LogP contribution >= 0.6 is 0 Å². The van der Waals surface area contributed by atoms with Gasteiger partial charge in [0.25, 0.3) is 0 Å². The number of carbonyl (C=O) groups excluding carboxylic acids is 1. The summed E-state index contributed by atoms with van der Waals surface area (Å²) in [7, 11) is 1.93. The maximum atomic E-state index is 12.1. The van der Waals surface area contributed by atoms with Gasteiger partial charge in [0.15, 0.2) is 0 Å². The molecule has 15 heavy (non-hydrogen) atoms. The standard InChI is InChI=1S/C13H13NO/c1-14-10-6-5-9-12(14)13(15)11-7-3-2-4-8-11/h2-9H,10H2,1H3. The fourth-order valence-corrected chi connectivity index (χ4v) is 1.59. The molecule has 0 bridgehead atoms. The van der Waals surface area contributed by atoms with Gasteiger partial charge in [0, 0.05) is 19.2 Å². The van der Waals surface area contributed by atoms with Crippen molar-refractivity contribution in [2.75, 3.05) is 13.6 Å². The first-order valence-corrected chi connectivity index (χ1v) is 4.97. The highest BCUT2D eigenvalue weighted by molar-refractivity contribution is 6.08. The zero-order valence-electron chi connectivity index (χ0n) is 8.68. The van der Waals surface area contributed by atoms with Gasteiger partial charge in [-0.3, -0.25) is 4.79 Å². The molecule has 0 saturated heterocycles. The van der Waals surface area contributed by atoms with Crippen LogP contribution in [0.4, 0.5) is 0 Å².